The van der Waals surface area contributed by atoms with Gasteiger partial charge in [-0.25, -0.2) is 0 Å². The molecular weight excluding hydrogens is 370 g/mol. The molecule has 1 rings (SSSR count). The lowest BCUT2D eigenvalue weighted by atomic mass is 10.2. The number of esters is 1. The van der Waals surface area contributed by atoms with Crippen LogP contribution in [-0.2, 0) is 46.9 Å². The highest BCUT2D eigenvalue weighted by molar-refractivity contribution is 5.78. The monoisotopic (exact) mass is 401 g/mol. The van der Waals surface area contributed by atoms with E-state index in [2.05, 4.69) is 10.3 Å². The van der Waals surface area contributed by atoms with E-state index in [0.717, 1.165) is 5.69 Å². The van der Waals surface area contributed by atoms with Gasteiger partial charge in [0.1, 0.15) is 18.1 Å². The number of aromatic nitrogens is 3. The summed E-state index contributed by atoms with van der Waals surface area (Å²) >= 11 is 0. The summed E-state index contributed by atoms with van der Waals surface area (Å²) in [5, 5.41) is 7.70. The number of hydrogen-bond donors (Lipinski definition) is 0. The topological polar surface area (TPSA) is 111 Å². The third-order valence-corrected chi connectivity index (χ3v) is 3.50. The second-order valence-corrected chi connectivity index (χ2v) is 5.89. The largest absolute Gasteiger partial charge is 0.463 e. The fourth-order valence-corrected chi connectivity index (χ4v) is 1.98. The van der Waals surface area contributed by atoms with Gasteiger partial charge in [-0.15, -0.1) is 5.10 Å². The van der Waals surface area contributed by atoms with E-state index in [9.17, 15) is 9.59 Å². The lowest BCUT2D eigenvalue weighted by Crippen LogP contribution is -2.15. The number of rotatable bonds is 18. The summed E-state index contributed by atoms with van der Waals surface area (Å²) in [5.41, 5.74) is 0.756. The molecule has 0 bridgehead atoms. The summed E-state index contributed by atoms with van der Waals surface area (Å²) in [5.74, 6) is -0.148. The SMILES string of the molecule is CCC(=O)CCOCCOCCOC(=O)CCOCCOCc1cn(C)nn1. The van der Waals surface area contributed by atoms with Gasteiger partial charge in [-0.1, -0.05) is 12.1 Å². The number of ketones is 1. The highest BCUT2D eigenvalue weighted by atomic mass is 16.6. The number of ether oxygens (including phenoxy) is 5. The van der Waals surface area contributed by atoms with Gasteiger partial charge in [0.2, 0.25) is 0 Å². The molecule has 10 nitrogen and oxygen atoms in total. The Bertz CT molecular complexity index is 551. The number of carbonyl (C=O) groups excluding carboxylic acids is 2. The van der Waals surface area contributed by atoms with Crippen LogP contribution in [-0.4, -0.2) is 79.6 Å². The van der Waals surface area contributed by atoms with Gasteiger partial charge in [-0.2, -0.15) is 0 Å². The molecule has 28 heavy (non-hydrogen) atoms. The zero-order valence-electron chi connectivity index (χ0n) is 16.8. The van der Waals surface area contributed by atoms with Crippen LogP contribution in [0.4, 0.5) is 0 Å². The van der Waals surface area contributed by atoms with Gasteiger partial charge in [0.05, 0.1) is 65.5 Å². The second kappa shape index (κ2) is 16.1. The first kappa shape index (κ1) is 24.2. The van der Waals surface area contributed by atoms with Crippen LogP contribution in [0.15, 0.2) is 6.20 Å². The average molecular weight is 401 g/mol. The van der Waals surface area contributed by atoms with Crippen LogP contribution >= 0.6 is 0 Å². The summed E-state index contributed by atoms with van der Waals surface area (Å²) in [6.45, 7) is 5.00. The Balaban J connectivity index is 1.80. The number of carbonyl (C=O) groups is 2. The van der Waals surface area contributed by atoms with E-state index < -0.39 is 0 Å². The Morgan fingerprint density at radius 3 is 2.14 bits per heavy atom. The van der Waals surface area contributed by atoms with Gasteiger partial charge in [0.15, 0.2) is 0 Å². The Labute approximate surface area is 165 Å². The molecular formula is C18H31N3O7. The summed E-state index contributed by atoms with van der Waals surface area (Å²) < 4.78 is 27.9. The molecule has 0 spiro atoms. The van der Waals surface area contributed by atoms with E-state index in [-0.39, 0.29) is 31.4 Å². The maximum Gasteiger partial charge on any atom is 0.308 e. The predicted molar refractivity (Wildman–Crippen MR) is 98.6 cm³/mol. The third-order valence-electron chi connectivity index (χ3n) is 3.50. The molecule has 0 fully saturated rings. The molecule has 1 heterocycles. The first-order valence-electron chi connectivity index (χ1n) is 9.45. The average Bonchev–Trinajstić information content (AvgIpc) is 3.10. The van der Waals surface area contributed by atoms with Gasteiger partial charge in [0.25, 0.3) is 0 Å². The van der Waals surface area contributed by atoms with Crippen molar-refractivity contribution >= 4 is 11.8 Å². The van der Waals surface area contributed by atoms with Crippen LogP contribution in [0.5, 0.6) is 0 Å². The standard InChI is InChI=1S/C18H31N3O7/c1-3-17(22)4-6-24-8-9-26-12-13-28-18(23)5-7-25-10-11-27-15-16-14-21(2)20-19-16/h14H,3-13,15H2,1-2H3. The van der Waals surface area contributed by atoms with Gasteiger partial charge < -0.3 is 23.7 Å². The second-order valence-electron chi connectivity index (χ2n) is 5.89. The molecule has 0 N–H and O–H groups in total. The van der Waals surface area contributed by atoms with Gasteiger partial charge in [-0.3, -0.25) is 14.3 Å². The lowest BCUT2D eigenvalue weighted by Gasteiger charge is -2.07. The molecule has 0 unspecified atom stereocenters. The highest BCUT2D eigenvalue weighted by Gasteiger charge is 2.03. The van der Waals surface area contributed by atoms with Gasteiger partial charge in [0, 0.05) is 19.9 Å². The van der Waals surface area contributed by atoms with E-state index in [1.54, 1.807) is 17.9 Å². The maximum absolute atomic E-state index is 11.5. The fourth-order valence-electron chi connectivity index (χ4n) is 1.98. The van der Waals surface area contributed by atoms with Crippen molar-refractivity contribution in [2.45, 2.75) is 32.8 Å². The van der Waals surface area contributed by atoms with Crippen molar-refractivity contribution in [3.8, 4) is 0 Å². The third kappa shape index (κ3) is 13.3. The Morgan fingerprint density at radius 1 is 0.893 bits per heavy atom. The molecule has 0 aliphatic carbocycles. The minimum atomic E-state index is -0.335. The first-order valence-corrected chi connectivity index (χ1v) is 9.45. The number of nitrogens with zero attached hydrogens (tertiary/aromatic N) is 3. The first-order chi connectivity index (χ1) is 13.6. The van der Waals surface area contributed by atoms with Crippen LogP contribution in [0.2, 0.25) is 0 Å². The molecule has 0 saturated carbocycles. The van der Waals surface area contributed by atoms with E-state index in [0.29, 0.717) is 59.1 Å². The van der Waals surface area contributed by atoms with Crippen LogP contribution in [0, 0.1) is 0 Å². The molecule has 0 saturated heterocycles. The summed E-state index contributed by atoms with van der Waals surface area (Å²) in [6.07, 6.45) is 2.93. The summed E-state index contributed by atoms with van der Waals surface area (Å²) in [6, 6.07) is 0. The van der Waals surface area contributed by atoms with E-state index in [1.807, 2.05) is 6.92 Å². The van der Waals surface area contributed by atoms with E-state index in [1.165, 1.54) is 0 Å². The number of hydrogen-bond acceptors (Lipinski definition) is 9. The van der Waals surface area contributed by atoms with Crippen LogP contribution < -0.4 is 0 Å². The zero-order valence-corrected chi connectivity index (χ0v) is 16.8. The van der Waals surface area contributed by atoms with Crippen molar-refractivity contribution in [2.75, 3.05) is 52.9 Å². The highest BCUT2D eigenvalue weighted by Crippen LogP contribution is 1.95. The van der Waals surface area contributed by atoms with E-state index in [4.69, 9.17) is 23.7 Å². The number of Topliss-reactive ketones (excluding diaryl/α,β-unsaturated/α-hetero) is 1. The van der Waals surface area contributed by atoms with E-state index >= 15 is 0 Å². The molecule has 0 radical (unpaired) electrons. The minimum Gasteiger partial charge on any atom is -0.463 e. The maximum atomic E-state index is 11.5. The Morgan fingerprint density at radius 2 is 1.50 bits per heavy atom. The molecule has 160 valence electrons. The smallest absolute Gasteiger partial charge is 0.308 e. The molecule has 1 aromatic rings. The summed E-state index contributed by atoms with van der Waals surface area (Å²) in [4.78, 5) is 22.6. The lowest BCUT2D eigenvalue weighted by molar-refractivity contribution is -0.146. The van der Waals surface area contributed by atoms with Crippen molar-refractivity contribution in [2.24, 2.45) is 7.05 Å². The molecule has 0 aliphatic rings. The quantitative estimate of drug-likeness (QED) is 0.259. The van der Waals surface area contributed by atoms with Crippen molar-refractivity contribution in [3.63, 3.8) is 0 Å². The van der Waals surface area contributed by atoms with Gasteiger partial charge >= 0.3 is 5.97 Å². The Kier molecular flexibility index (Phi) is 13.9. The normalized spacial score (nSPS) is 10.9. The summed E-state index contributed by atoms with van der Waals surface area (Å²) in [7, 11) is 1.79. The van der Waals surface area contributed by atoms with Crippen molar-refractivity contribution in [1.29, 1.82) is 0 Å². The Hall–Kier alpha value is -1.88. The zero-order chi connectivity index (χ0) is 20.5. The van der Waals surface area contributed by atoms with Gasteiger partial charge in [-0.05, 0) is 0 Å². The van der Waals surface area contributed by atoms with Crippen molar-refractivity contribution in [1.82, 2.24) is 15.0 Å². The number of aryl methyl sites for hydroxylation is 1. The molecule has 0 atom stereocenters. The van der Waals surface area contributed by atoms with Crippen molar-refractivity contribution < 1.29 is 33.3 Å². The minimum absolute atomic E-state index is 0.179. The van der Waals surface area contributed by atoms with Crippen molar-refractivity contribution in [3.05, 3.63) is 11.9 Å². The molecule has 10 heteroatoms. The van der Waals surface area contributed by atoms with Crippen LogP contribution in [0.3, 0.4) is 0 Å². The van der Waals surface area contributed by atoms with Crippen LogP contribution in [0.1, 0.15) is 31.9 Å². The molecule has 0 aromatic carbocycles. The predicted octanol–water partition coefficient (Wildman–Crippen LogP) is 0.684. The fraction of sp³-hybridized carbons (Fsp3) is 0.778. The molecule has 0 amide bonds. The molecule has 1 aromatic heterocycles. The molecule has 0 aliphatic heterocycles. The van der Waals surface area contributed by atoms with Crippen LogP contribution in [0.25, 0.3) is 0 Å².